The van der Waals surface area contributed by atoms with Crippen LogP contribution in [0, 0.1) is 18.8 Å². The minimum Gasteiger partial charge on any atom is -0.489 e. The molecule has 0 spiro atoms. The lowest BCUT2D eigenvalue weighted by Crippen LogP contribution is -2.33. The Morgan fingerprint density at radius 1 is 1.15 bits per heavy atom. The van der Waals surface area contributed by atoms with Gasteiger partial charge in [0.05, 0.1) is 30.3 Å². The lowest BCUT2D eigenvalue weighted by molar-refractivity contribution is -0.137. The van der Waals surface area contributed by atoms with Crippen LogP contribution in [0.15, 0.2) is 54.6 Å². The van der Waals surface area contributed by atoms with Crippen molar-refractivity contribution in [3.63, 3.8) is 0 Å². The number of aromatic nitrogens is 2. The Morgan fingerprint density at radius 2 is 1.94 bits per heavy atom. The van der Waals surface area contributed by atoms with Crippen molar-refractivity contribution in [2.45, 2.75) is 52.4 Å². The monoisotopic (exact) mass is 443 g/mol. The molecular formula is C27H29N3O3. The summed E-state index contributed by atoms with van der Waals surface area (Å²) in [4.78, 5) is 13.5. The van der Waals surface area contributed by atoms with Gasteiger partial charge in [-0.25, -0.2) is 0 Å². The smallest absolute Gasteiger partial charge is 0.304 e. The van der Waals surface area contributed by atoms with E-state index in [4.69, 9.17) is 9.84 Å². The van der Waals surface area contributed by atoms with Crippen LogP contribution in [-0.2, 0) is 31.0 Å². The minimum atomic E-state index is -0.853. The van der Waals surface area contributed by atoms with E-state index >= 15 is 0 Å². The molecule has 1 aliphatic heterocycles. The summed E-state index contributed by atoms with van der Waals surface area (Å²) in [5.74, 6) is 5.38. The molecule has 0 fully saturated rings. The highest BCUT2D eigenvalue weighted by atomic mass is 16.5. The highest BCUT2D eigenvalue weighted by molar-refractivity contribution is 5.69. The van der Waals surface area contributed by atoms with Gasteiger partial charge in [-0.2, -0.15) is 5.10 Å². The first-order chi connectivity index (χ1) is 16.0. The number of carboxylic acids is 1. The van der Waals surface area contributed by atoms with E-state index in [2.05, 4.69) is 56.9 Å². The van der Waals surface area contributed by atoms with Crippen LogP contribution in [0.25, 0.3) is 0 Å². The van der Waals surface area contributed by atoms with Crippen LogP contribution in [0.3, 0.4) is 0 Å². The van der Waals surface area contributed by atoms with Gasteiger partial charge in [0.25, 0.3) is 0 Å². The predicted octanol–water partition coefficient (Wildman–Crippen LogP) is 4.37. The summed E-state index contributed by atoms with van der Waals surface area (Å²) in [6.45, 7) is 7.98. The van der Waals surface area contributed by atoms with E-state index < -0.39 is 5.97 Å². The largest absolute Gasteiger partial charge is 0.489 e. The summed E-state index contributed by atoms with van der Waals surface area (Å²) in [5.41, 5.74) is 5.63. The summed E-state index contributed by atoms with van der Waals surface area (Å²) in [6.07, 6.45) is -0.00714. The molecule has 1 aliphatic rings. The topological polar surface area (TPSA) is 67.6 Å². The van der Waals surface area contributed by atoms with Crippen LogP contribution in [0.5, 0.6) is 5.75 Å². The number of hydrogen-bond acceptors (Lipinski definition) is 4. The third kappa shape index (κ3) is 6.03. The zero-order valence-corrected chi connectivity index (χ0v) is 19.1. The average molecular weight is 444 g/mol. The number of benzene rings is 2. The van der Waals surface area contributed by atoms with Gasteiger partial charge in [0, 0.05) is 19.6 Å². The number of ether oxygens (including phenoxy) is 1. The van der Waals surface area contributed by atoms with E-state index in [1.807, 2.05) is 31.2 Å². The number of fused-ring (bicyclic) bond motifs is 1. The summed E-state index contributed by atoms with van der Waals surface area (Å²) in [5, 5.41) is 13.6. The second kappa shape index (κ2) is 10.4. The fraction of sp³-hybridized carbons (Fsp3) is 0.333. The second-order valence-corrected chi connectivity index (χ2v) is 8.43. The van der Waals surface area contributed by atoms with Crippen LogP contribution in [-0.4, -0.2) is 32.3 Å². The standard InChI is InChI=1S/C27H29N3O3/c1-3-5-24(16-27(31)32)23-8-10-26(11-9-23)33-19-22-7-4-6-21(15-22)17-29-12-13-30-25(18-29)14-20(2)28-30/h4,6-11,14-15,24H,12-13,16-19H2,1-2H3,(H,31,32). The third-order valence-electron chi connectivity index (χ3n) is 5.78. The van der Waals surface area contributed by atoms with E-state index in [0.29, 0.717) is 6.61 Å². The molecule has 4 rings (SSSR count). The van der Waals surface area contributed by atoms with Crippen molar-refractivity contribution >= 4 is 5.97 Å². The first kappa shape index (κ1) is 22.6. The van der Waals surface area contributed by atoms with Crippen LogP contribution in [0.2, 0.25) is 0 Å². The maximum Gasteiger partial charge on any atom is 0.304 e. The van der Waals surface area contributed by atoms with E-state index in [1.54, 1.807) is 6.92 Å². The molecule has 2 aromatic carbocycles. The van der Waals surface area contributed by atoms with Crippen molar-refractivity contribution in [3.05, 3.63) is 82.7 Å². The van der Waals surface area contributed by atoms with Crippen LogP contribution in [0.4, 0.5) is 0 Å². The maximum atomic E-state index is 11.1. The Bertz CT molecular complexity index is 1170. The summed E-state index contributed by atoms with van der Waals surface area (Å²) >= 11 is 0. The molecule has 3 aromatic rings. The number of aliphatic carboxylic acids is 1. The highest BCUT2D eigenvalue weighted by Gasteiger charge is 2.18. The molecule has 0 saturated heterocycles. The number of carbonyl (C=O) groups is 1. The molecule has 0 radical (unpaired) electrons. The molecule has 170 valence electrons. The Hall–Kier alpha value is -3.56. The van der Waals surface area contributed by atoms with Crippen molar-refractivity contribution in [1.29, 1.82) is 0 Å². The molecule has 1 aromatic heterocycles. The Labute approximate surface area is 194 Å². The Morgan fingerprint density at radius 3 is 2.70 bits per heavy atom. The first-order valence-corrected chi connectivity index (χ1v) is 11.2. The van der Waals surface area contributed by atoms with E-state index in [0.717, 1.165) is 48.7 Å². The summed E-state index contributed by atoms with van der Waals surface area (Å²) in [7, 11) is 0. The Balaban J connectivity index is 1.34. The van der Waals surface area contributed by atoms with Crippen molar-refractivity contribution in [1.82, 2.24) is 14.7 Å². The summed E-state index contributed by atoms with van der Waals surface area (Å²) in [6, 6.07) is 18.2. The molecule has 1 atom stereocenters. The third-order valence-corrected chi connectivity index (χ3v) is 5.78. The normalized spacial score (nSPS) is 14.1. The molecular weight excluding hydrogens is 414 g/mol. The van der Waals surface area contributed by atoms with E-state index in [1.165, 1.54) is 11.3 Å². The number of nitrogens with zero attached hydrogens (tertiary/aromatic N) is 3. The average Bonchev–Trinajstić information content (AvgIpc) is 3.17. The molecule has 1 unspecified atom stereocenters. The molecule has 0 amide bonds. The number of rotatable bonds is 8. The predicted molar refractivity (Wildman–Crippen MR) is 127 cm³/mol. The highest BCUT2D eigenvalue weighted by Crippen LogP contribution is 2.23. The van der Waals surface area contributed by atoms with Gasteiger partial charge >= 0.3 is 5.97 Å². The minimum absolute atomic E-state index is 0.00714. The van der Waals surface area contributed by atoms with Gasteiger partial charge in [-0.15, -0.1) is 5.92 Å². The van der Waals surface area contributed by atoms with Crippen LogP contribution < -0.4 is 4.74 Å². The van der Waals surface area contributed by atoms with Crippen molar-refractivity contribution < 1.29 is 14.6 Å². The van der Waals surface area contributed by atoms with Crippen molar-refractivity contribution in [2.24, 2.45) is 0 Å². The quantitative estimate of drug-likeness (QED) is 0.524. The molecule has 0 bridgehead atoms. The van der Waals surface area contributed by atoms with E-state index in [-0.39, 0.29) is 12.3 Å². The second-order valence-electron chi connectivity index (χ2n) is 8.43. The van der Waals surface area contributed by atoms with Crippen LogP contribution >= 0.6 is 0 Å². The zero-order valence-electron chi connectivity index (χ0n) is 19.1. The molecule has 6 heteroatoms. The van der Waals surface area contributed by atoms with E-state index in [9.17, 15) is 4.79 Å². The number of hydrogen-bond donors (Lipinski definition) is 1. The van der Waals surface area contributed by atoms with Gasteiger partial charge < -0.3 is 9.84 Å². The van der Waals surface area contributed by atoms with Gasteiger partial charge in [-0.05, 0) is 48.7 Å². The molecule has 0 aliphatic carbocycles. The number of aryl methyl sites for hydroxylation is 1. The van der Waals surface area contributed by atoms with Crippen molar-refractivity contribution in [3.8, 4) is 17.6 Å². The summed E-state index contributed by atoms with van der Waals surface area (Å²) < 4.78 is 8.10. The molecule has 33 heavy (non-hydrogen) atoms. The fourth-order valence-electron chi connectivity index (χ4n) is 4.24. The molecule has 1 N–H and O–H groups in total. The Kier molecular flexibility index (Phi) is 7.11. The maximum absolute atomic E-state index is 11.1. The van der Waals surface area contributed by atoms with Gasteiger partial charge in [0.15, 0.2) is 0 Å². The van der Waals surface area contributed by atoms with Gasteiger partial charge in [-0.3, -0.25) is 14.4 Å². The van der Waals surface area contributed by atoms with Crippen LogP contribution in [0.1, 0.15) is 47.3 Å². The lowest BCUT2D eigenvalue weighted by atomic mass is 9.96. The van der Waals surface area contributed by atoms with Crippen molar-refractivity contribution in [2.75, 3.05) is 6.54 Å². The SMILES string of the molecule is CC#CC(CC(=O)O)c1ccc(OCc2cccc(CN3CCn4nc(C)cc4C3)c2)cc1. The first-order valence-electron chi connectivity index (χ1n) is 11.2. The lowest BCUT2D eigenvalue weighted by Gasteiger charge is -2.27. The fourth-order valence-corrected chi connectivity index (χ4v) is 4.24. The van der Waals surface area contributed by atoms with Gasteiger partial charge in [-0.1, -0.05) is 42.3 Å². The van der Waals surface area contributed by atoms with Gasteiger partial charge in [0.2, 0.25) is 0 Å². The zero-order chi connectivity index (χ0) is 23.2. The molecule has 2 heterocycles. The molecule has 6 nitrogen and oxygen atoms in total. The molecule has 0 saturated carbocycles. The van der Waals surface area contributed by atoms with Gasteiger partial charge in [0.1, 0.15) is 12.4 Å². The number of carboxylic acid groups (broad SMARTS) is 1.